The van der Waals surface area contributed by atoms with Gasteiger partial charge in [-0.3, -0.25) is 9.69 Å². The van der Waals surface area contributed by atoms with Gasteiger partial charge in [0.1, 0.15) is 0 Å². The monoisotopic (exact) mass is 329 g/mol. The maximum absolute atomic E-state index is 11.9. The molecule has 0 amide bonds. The number of carbonyl (C=O) groups is 1. The van der Waals surface area contributed by atoms with Gasteiger partial charge in [-0.2, -0.15) is 0 Å². The highest BCUT2D eigenvalue weighted by Gasteiger charge is 2.25. The van der Waals surface area contributed by atoms with Crippen LogP contribution in [-0.2, 0) is 9.53 Å². The van der Waals surface area contributed by atoms with Crippen LogP contribution < -0.4 is 0 Å². The van der Waals surface area contributed by atoms with E-state index in [4.69, 9.17) is 27.9 Å². The molecule has 1 heterocycles. The van der Waals surface area contributed by atoms with Gasteiger partial charge in [-0.15, -0.1) is 0 Å². The minimum atomic E-state index is -0.177. The van der Waals surface area contributed by atoms with Crippen molar-refractivity contribution in [1.29, 1.82) is 0 Å². The summed E-state index contributed by atoms with van der Waals surface area (Å²) in [7, 11) is 0. The van der Waals surface area contributed by atoms with Crippen LogP contribution in [0.3, 0.4) is 0 Å². The van der Waals surface area contributed by atoms with Crippen LogP contribution in [0, 0.1) is 0 Å². The summed E-state index contributed by atoms with van der Waals surface area (Å²) in [6.45, 7) is 4.22. The van der Waals surface area contributed by atoms with E-state index in [0.717, 1.165) is 31.5 Å². The SMILES string of the molecule is CCOC(=O)CC(c1cc(Cl)cc(Cl)c1)N1CCCCC1. The van der Waals surface area contributed by atoms with E-state index in [0.29, 0.717) is 23.1 Å². The molecule has 0 aliphatic carbocycles. The summed E-state index contributed by atoms with van der Waals surface area (Å²) in [4.78, 5) is 14.3. The molecule has 1 saturated heterocycles. The molecule has 116 valence electrons. The van der Waals surface area contributed by atoms with Crippen LogP contribution in [-0.4, -0.2) is 30.6 Å². The molecule has 0 saturated carbocycles. The maximum atomic E-state index is 11.9. The van der Waals surface area contributed by atoms with Crippen molar-refractivity contribution in [2.45, 2.75) is 38.6 Å². The van der Waals surface area contributed by atoms with Gasteiger partial charge in [0.15, 0.2) is 0 Å². The fraction of sp³-hybridized carbons (Fsp3) is 0.562. The fourth-order valence-electron chi connectivity index (χ4n) is 2.83. The Kier molecular flexibility index (Phi) is 6.34. The van der Waals surface area contributed by atoms with E-state index in [-0.39, 0.29) is 12.0 Å². The summed E-state index contributed by atoms with van der Waals surface area (Å²) in [6, 6.07) is 5.49. The molecule has 1 aliphatic rings. The Morgan fingerprint density at radius 2 is 1.81 bits per heavy atom. The number of hydrogen-bond acceptors (Lipinski definition) is 3. The van der Waals surface area contributed by atoms with Crippen molar-refractivity contribution in [3.8, 4) is 0 Å². The molecule has 2 rings (SSSR count). The number of benzene rings is 1. The Bertz CT molecular complexity index is 467. The van der Waals surface area contributed by atoms with Gasteiger partial charge in [0.2, 0.25) is 0 Å². The number of nitrogens with zero attached hydrogens (tertiary/aromatic N) is 1. The molecule has 21 heavy (non-hydrogen) atoms. The number of rotatable bonds is 5. The minimum Gasteiger partial charge on any atom is -0.466 e. The third-order valence-corrected chi connectivity index (χ3v) is 4.20. The largest absolute Gasteiger partial charge is 0.466 e. The first-order valence-corrected chi connectivity index (χ1v) is 8.21. The molecule has 5 heteroatoms. The van der Waals surface area contributed by atoms with E-state index < -0.39 is 0 Å². The van der Waals surface area contributed by atoms with E-state index in [2.05, 4.69) is 4.90 Å². The predicted octanol–water partition coefficient (Wildman–Crippen LogP) is 4.47. The lowest BCUT2D eigenvalue weighted by molar-refractivity contribution is -0.144. The molecule has 1 fully saturated rings. The number of halogens is 2. The van der Waals surface area contributed by atoms with E-state index in [1.165, 1.54) is 6.42 Å². The Morgan fingerprint density at radius 1 is 1.19 bits per heavy atom. The summed E-state index contributed by atoms with van der Waals surface area (Å²) in [5.41, 5.74) is 0.988. The Balaban J connectivity index is 2.22. The van der Waals surface area contributed by atoms with Crippen molar-refractivity contribution in [3.05, 3.63) is 33.8 Å². The van der Waals surface area contributed by atoms with Crippen LogP contribution in [0.1, 0.15) is 44.2 Å². The van der Waals surface area contributed by atoms with Gasteiger partial charge in [0.25, 0.3) is 0 Å². The molecule has 0 spiro atoms. The van der Waals surface area contributed by atoms with Crippen molar-refractivity contribution in [2.24, 2.45) is 0 Å². The summed E-state index contributed by atoms with van der Waals surface area (Å²) >= 11 is 12.2. The van der Waals surface area contributed by atoms with E-state index >= 15 is 0 Å². The second-order valence-corrected chi connectivity index (χ2v) is 6.20. The molecule has 1 unspecified atom stereocenters. The Morgan fingerprint density at radius 3 is 2.38 bits per heavy atom. The summed E-state index contributed by atoms with van der Waals surface area (Å²) in [5, 5.41) is 1.20. The smallest absolute Gasteiger partial charge is 0.307 e. The second kappa shape index (κ2) is 8.02. The third kappa shape index (κ3) is 4.87. The predicted molar refractivity (Wildman–Crippen MR) is 85.9 cm³/mol. The van der Waals surface area contributed by atoms with E-state index in [9.17, 15) is 4.79 Å². The average Bonchev–Trinajstić information content (AvgIpc) is 2.45. The average molecular weight is 330 g/mol. The number of esters is 1. The van der Waals surface area contributed by atoms with E-state index in [1.54, 1.807) is 6.07 Å². The first kappa shape index (κ1) is 16.6. The van der Waals surface area contributed by atoms with Gasteiger partial charge in [-0.05, 0) is 56.6 Å². The Hall–Kier alpha value is -0.770. The van der Waals surface area contributed by atoms with Crippen LogP contribution in [0.25, 0.3) is 0 Å². The van der Waals surface area contributed by atoms with E-state index in [1.807, 2.05) is 19.1 Å². The van der Waals surface area contributed by atoms with Gasteiger partial charge in [-0.25, -0.2) is 0 Å². The highest BCUT2D eigenvalue weighted by molar-refractivity contribution is 6.34. The topological polar surface area (TPSA) is 29.5 Å². The van der Waals surface area contributed by atoms with Gasteiger partial charge >= 0.3 is 5.97 Å². The molecule has 3 nitrogen and oxygen atoms in total. The standard InChI is InChI=1S/C16H21Cl2NO2/c1-2-21-16(20)11-15(19-6-4-3-5-7-19)12-8-13(17)10-14(18)9-12/h8-10,15H,2-7,11H2,1H3. The van der Waals surface area contributed by atoms with Crippen LogP contribution >= 0.6 is 23.2 Å². The molecular weight excluding hydrogens is 309 g/mol. The quantitative estimate of drug-likeness (QED) is 0.746. The summed E-state index contributed by atoms with van der Waals surface area (Å²) in [5.74, 6) is -0.177. The lowest BCUT2D eigenvalue weighted by Crippen LogP contribution is -2.35. The van der Waals surface area contributed by atoms with Crippen molar-refractivity contribution in [3.63, 3.8) is 0 Å². The number of likely N-dealkylation sites (tertiary alicyclic amines) is 1. The molecule has 1 aromatic rings. The minimum absolute atomic E-state index is 0.0134. The maximum Gasteiger partial charge on any atom is 0.307 e. The van der Waals surface area contributed by atoms with Crippen molar-refractivity contribution in [2.75, 3.05) is 19.7 Å². The van der Waals surface area contributed by atoms with Crippen molar-refractivity contribution >= 4 is 29.2 Å². The first-order chi connectivity index (χ1) is 10.1. The second-order valence-electron chi connectivity index (χ2n) is 5.32. The molecular formula is C16H21Cl2NO2. The number of piperidine rings is 1. The van der Waals surface area contributed by atoms with Crippen LogP contribution in [0.15, 0.2) is 18.2 Å². The lowest BCUT2D eigenvalue weighted by Gasteiger charge is -2.34. The van der Waals surface area contributed by atoms with Crippen LogP contribution in [0.2, 0.25) is 10.0 Å². The van der Waals surface area contributed by atoms with Crippen LogP contribution in [0.4, 0.5) is 0 Å². The molecule has 0 radical (unpaired) electrons. The number of hydrogen-bond donors (Lipinski definition) is 0. The van der Waals surface area contributed by atoms with Crippen molar-refractivity contribution < 1.29 is 9.53 Å². The van der Waals surface area contributed by atoms with Gasteiger partial charge in [-0.1, -0.05) is 29.6 Å². The van der Waals surface area contributed by atoms with Crippen molar-refractivity contribution in [1.82, 2.24) is 4.90 Å². The normalized spacial score (nSPS) is 17.5. The number of carbonyl (C=O) groups excluding carboxylic acids is 1. The third-order valence-electron chi connectivity index (χ3n) is 3.77. The fourth-order valence-corrected chi connectivity index (χ4v) is 3.38. The molecule has 1 atom stereocenters. The molecule has 1 aromatic carbocycles. The molecule has 0 bridgehead atoms. The highest BCUT2D eigenvalue weighted by Crippen LogP contribution is 2.31. The summed E-state index contributed by atoms with van der Waals surface area (Å²) in [6.07, 6.45) is 3.91. The molecule has 1 aliphatic heterocycles. The lowest BCUT2D eigenvalue weighted by atomic mass is 9.99. The highest BCUT2D eigenvalue weighted by atomic mass is 35.5. The zero-order chi connectivity index (χ0) is 15.2. The Labute approximate surface area is 136 Å². The van der Waals surface area contributed by atoms with Gasteiger partial charge in [0, 0.05) is 16.1 Å². The molecule has 0 aromatic heterocycles. The summed E-state index contributed by atoms with van der Waals surface area (Å²) < 4.78 is 5.11. The van der Waals surface area contributed by atoms with Gasteiger partial charge < -0.3 is 4.74 Å². The zero-order valence-corrected chi connectivity index (χ0v) is 13.8. The number of ether oxygens (including phenoxy) is 1. The molecule has 0 N–H and O–H groups in total. The van der Waals surface area contributed by atoms with Crippen LogP contribution in [0.5, 0.6) is 0 Å². The zero-order valence-electron chi connectivity index (χ0n) is 12.3. The first-order valence-electron chi connectivity index (χ1n) is 7.46. The van der Waals surface area contributed by atoms with Gasteiger partial charge in [0.05, 0.1) is 13.0 Å².